The number of nitrogens with zero attached hydrogens (tertiary/aromatic N) is 1. The van der Waals surface area contributed by atoms with Crippen LogP contribution >= 0.6 is 0 Å². The van der Waals surface area contributed by atoms with E-state index >= 15 is 0 Å². The summed E-state index contributed by atoms with van der Waals surface area (Å²) in [6.07, 6.45) is 8.46. The molecule has 1 aliphatic heterocycles. The van der Waals surface area contributed by atoms with Gasteiger partial charge >= 0.3 is 261 Å². The van der Waals surface area contributed by atoms with Gasteiger partial charge in [-0.15, -0.1) is 0 Å². The molecule has 0 radical (unpaired) electrons. The van der Waals surface area contributed by atoms with Crippen LogP contribution in [-0.2, 0) is 13.3 Å². The molecule has 0 aromatic heterocycles. The summed E-state index contributed by atoms with van der Waals surface area (Å²) < 4.78 is 17.9. The van der Waals surface area contributed by atoms with E-state index in [2.05, 4.69) is 111 Å². The SMILES string of the molecule is CCC[CH2][Sn]([CH2]CCC)([CH2]CCC)[O][C-]1OCN(C2(c3ccccc3)c3ccccc3-c3ccccc32)[C@H]1C.[Li+]. The number of benzene rings is 3. The molecule has 0 spiro atoms. The fraction of sp³-hybridized carbons (Fsp3) is 0.457. The number of hydrogen-bond donors (Lipinski definition) is 0. The van der Waals surface area contributed by atoms with E-state index < -0.39 is 24.3 Å². The van der Waals surface area contributed by atoms with Gasteiger partial charge in [-0.1, -0.05) is 0 Å². The maximum atomic E-state index is 7.33. The van der Waals surface area contributed by atoms with Crippen LogP contribution in [-0.4, -0.2) is 36.5 Å². The van der Waals surface area contributed by atoms with Crippen molar-refractivity contribution in [3.63, 3.8) is 0 Å². The van der Waals surface area contributed by atoms with Gasteiger partial charge in [0.15, 0.2) is 0 Å². The fourth-order valence-electron chi connectivity index (χ4n) is 6.91. The van der Waals surface area contributed by atoms with E-state index in [1.165, 1.54) is 79.7 Å². The monoisotopic (exact) mass is 639 g/mol. The second-order valence-electron chi connectivity index (χ2n) is 11.5. The van der Waals surface area contributed by atoms with Crippen molar-refractivity contribution in [2.75, 3.05) is 6.73 Å². The van der Waals surface area contributed by atoms with Crippen LogP contribution in [0.2, 0.25) is 13.3 Å². The molecular formula is C35H46LiNO2Sn. The molecular weight excluding hydrogens is 592 g/mol. The average molecular weight is 638 g/mol. The first-order valence-corrected chi connectivity index (χ1v) is 22.5. The third-order valence-electron chi connectivity index (χ3n) is 8.98. The summed E-state index contributed by atoms with van der Waals surface area (Å²) in [6, 6.07) is 29.0. The first-order valence-electron chi connectivity index (χ1n) is 15.3. The number of rotatable bonds is 13. The van der Waals surface area contributed by atoms with E-state index in [1.54, 1.807) is 0 Å². The van der Waals surface area contributed by atoms with Crippen molar-refractivity contribution in [2.45, 2.75) is 91.1 Å². The van der Waals surface area contributed by atoms with Crippen LogP contribution < -0.4 is 18.9 Å². The van der Waals surface area contributed by atoms with Gasteiger partial charge in [0.05, 0.1) is 0 Å². The average Bonchev–Trinajstić information content (AvgIpc) is 3.49. The van der Waals surface area contributed by atoms with E-state index in [0.29, 0.717) is 6.73 Å². The Hall–Kier alpha value is -1.06. The standard InChI is InChI=1S/C23H19NO2.3C4H9.Li.Sn/c1-16-22(25)26-15-24(16)23(17-9-3-2-4-10-17)20-13-7-5-11-18(20)19-12-6-8-14-21(19)23;3*1-3-4-2;;/h2-14,16H,15H2,1H3;3*1,3-4H2,2H3;;/q-2;;;;2*+1/t16-;;;;;/m0...../s1. The minimum atomic E-state index is -2.90. The molecule has 5 heteroatoms. The molecule has 208 valence electrons. The van der Waals surface area contributed by atoms with Crippen molar-refractivity contribution in [2.24, 2.45) is 0 Å². The van der Waals surface area contributed by atoms with Crippen molar-refractivity contribution in [3.05, 3.63) is 102 Å². The third kappa shape index (κ3) is 5.90. The number of fused-ring (bicyclic) bond motifs is 3. The summed E-state index contributed by atoms with van der Waals surface area (Å²) in [5.74, 6) is 0. The molecule has 1 atom stereocenters. The van der Waals surface area contributed by atoms with E-state index in [4.69, 9.17) is 7.81 Å². The van der Waals surface area contributed by atoms with E-state index in [-0.39, 0.29) is 24.9 Å². The maximum absolute atomic E-state index is 7.33. The summed E-state index contributed by atoms with van der Waals surface area (Å²) in [5, 5.41) is 0. The Labute approximate surface area is 259 Å². The first-order chi connectivity index (χ1) is 19.1. The smallest absolute Gasteiger partial charge is 1.00 e. The van der Waals surface area contributed by atoms with Crippen LogP contribution in [0.15, 0.2) is 78.9 Å². The van der Waals surface area contributed by atoms with Crippen molar-refractivity contribution >= 4 is 18.8 Å². The van der Waals surface area contributed by atoms with Gasteiger partial charge in [-0.3, -0.25) is 0 Å². The predicted molar refractivity (Wildman–Crippen MR) is 165 cm³/mol. The molecule has 2 aliphatic rings. The summed E-state index contributed by atoms with van der Waals surface area (Å²) >= 11 is -2.90. The van der Waals surface area contributed by atoms with Crippen molar-refractivity contribution < 1.29 is 26.7 Å². The molecule has 0 unspecified atom stereocenters. The van der Waals surface area contributed by atoms with E-state index in [1.807, 2.05) is 0 Å². The molecule has 1 saturated heterocycles. The molecule has 3 aromatic rings. The van der Waals surface area contributed by atoms with Crippen molar-refractivity contribution in [3.8, 4) is 11.1 Å². The quantitative estimate of drug-likeness (QED) is 0.158. The third-order valence-corrected chi connectivity index (χ3v) is 21.6. The van der Waals surface area contributed by atoms with Crippen molar-refractivity contribution in [1.29, 1.82) is 0 Å². The first kappa shape index (κ1) is 31.9. The second-order valence-corrected chi connectivity index (χ2v) is 23.1. The Morgan fingerprint density at radius 1 is 0.775 bits per heavy atom. The summed E-state index contributed by atoms with van der Waals surface area (Å²) in [5.41, 5.74) is 6.19. The molecule has 3 nitrogen and oxygen atoms in total. The van der Waals surface area contributed by atoms with E-state index in [9.17, 15) is 0 Å². The minimum Gasteiger partial charge on any atom is 1.00 e. The molecule has 40 heavy (non-hydrogen) atoms. The summed E-state index contributed by atoms with van der Waals surface area (Å²) in [4.78, 5) is 2.57. The maximum Gasteiger partial charge on any atom is 1.00 e. The number of hydrogen-bond acceptors (Lipinski definition) is 3. The predicted octanol–water partition coefficient (Wildman–Crippen LogP) is 6.49. The molecule has 3 aromatic carbocycles. The largest absolute Gasteiger partial charge is 1.00 e. The number of ether oxygens (including phenoxy) is 1. The van der Waals surface area contributed by atoms with Crippen LogP contribution in [0.4, 0.5) is 0 Å². The molecule has 0 N–H and O–H groups in total. The Kier molecular flexibility index (Phi) is 11.5. The molecule has 5 rings (SSSR count). The molecule has 0 bridgehead atoms. The van der Waals surface area contributed by atoms with Crippen LogP contribution in [0.5, 0.6) is 0 Å². The Morgan fingerprint density at radius 3 is 1.75 bits per heavy atom. The van der Waals surface area contributed by atoms with Crippen molar-refractivity contribution in [1.82, 2.24) is 4.90 Å². The van der Waals surface area contributed by atoms with E-state index in [0.717, 1.165) is 6.29 Å². The zero-order valence-corrected chi connectivity index (χ0v) is 28.3. The van der Waals surface area contributed by atoms with Crippen LogP contribution in [0.1, 0.15) is 82.9 Å². The molecule has 1 aliphatic carbocycles. The van der Waals surface area contributed by atoms with Crippen LogP contribution in [0.25, 0.3) is 11.1 Å². The minimum absolute atomic E-state index is 0. The zero-order chi connectivity index (χ0) is 27.3. The van der Waals surface area contributed by atoms with Gasteiger partial charge in [0, 0.05) is 0 Å². The van der Waals surface area contributed by atoms with Gasteiger partial charge in [0.2, 0.25) is 0 Å². The van der Waals surface area contributed by atoms with Gasteiger partial charge in [-0.25, -0.2) is 0 Å². The Morgan fingerprint density at radius 2 is 1.25 bits per heavy atom. The van der Waals surface area contributed by atoms with Gasteiger partial charge in [0.1, 0.15) is 0 Å². The van der Waals surface area contributed by atoms with Gasteiger partial charge in [0.25, 0.3) is 0 Å². The zero-order valence-electron chi connectivity index (χ0n) is 25.4. The molecule has 1 fully saturated rings. The van der Waals surface area contributed by atoms with Crippen LogP contribution in [0.3, 0.4) is 0 Å². The van der Waals surface area contributed by atoms with Gasteiger partial charge in [-0.2, -0.15) is 0 Å². The van der Waals surface area contributed by atoms with Gasteiger partial charge in [-0.05, 0) is 0 Å². The topological polar surface area (TPSA) is 21.7 Å². The van der Waals surface area contributed by atoms with Crippen LogP contribution in [0, 0.1) is 6.29 Å². The number of unbranched alkanes of at least 4 members (excludes halogenated alkanes) is 3. The Balaban J connectivity index is 0.00000370. The molecule has 1 heterocycles. The summed E-state index contributed by atoms with van der Waals surface area (Å²) in [6.45, 7) is 9.80. The normalized spacial score (nSPS) is 18.4. The fourth-order valence-corrected chi connectivity index (χ4v) is 20.3. The molecule has 0 amide bonds. The van der Waals surface area contributed by atoms with Gasteiger partial charge < -0.3 is 0 Å². The molecule has 0 saturated carbocycles. The Bertz CT molecular complexity index is 1150. The second kappa shape index (κ2) is 14.4. The summed E-state index contributed by atoms with van der Waals surface area (Å²) in [7, 11) is 0.